The minimum Gasteiger partial charge on any atom is -0.381 e. The number of allylic oxidation sites excluding steroid dienone is 2. The lowest BCUT2D eigenvalue weighted by atomic mass is 9.65. The van der Waals surface area contributed by atoms with E-state index in [0.717, 1.165) is 44.5 Å². The summed E-state index contributed by atoms with van der Waals surface area (Å²) in [6.07, 6.45) is 4.77. The molecule has 1 aliphatic heterocycles. The van der Waals surface area contributed by atoms with E-state index < -0.39 is 0 Å². The molecule has 0 radical (unpaired) electrons. The Morgan fingerprint density at radius 3 is 2.39 bits per heavy atom. The molecule has 1 saturated heterocycles. The molecule has 124 valence electrons. The number of hydrogen-bond acceptors (Lipinski definition) is 2. The molecule has 0 atom stereocenters. The Bertz CT molecular complexity index is 661. The van der Waals surface area contributed by atoms with Crippen LogP contribution < -0.4 is 0 Å². The van der Waals surface area contributed by atoms with Crippen molar-refractivity contribution >= 4 is 11.4 Å². The van der Waals surface area contributed by atoms with Crippen molar-refractivity contribution in [3.63, 3.8) is 0 Å². The number of aryl methyl sites for hydroxylation is 3. The van der Waals surface area contributed by atoms with Crippen LogP contribution in [-0.4, -0.2) is 19.0 Å². The van der Waals surface area contributed by atoms with Crippen molar-refractivity contribution in [2.75, 3.05) is 13.2 Å². The van der Waals surface area contributed by atoms with Crippen molar-refractivity contribution in [2.45, 2.75) is 59.8 Å². The van der Waals surface area contributed by atoms with Crippen LogP contribution in [0.1, 0.15) is 61.8 Å². The van der Waals surface area contributed by atoms with E-state index in [2.05, 4.69) is 39.8 Å². The summed E-state index contributed by atoms with van der Waals surface area (Å²) in [6.45, 7) is 10.2. The molecule has 2 heteroatoms. The van der Waals surface area contributed by atoms with Gasteiger partial charge in [-0.15, -0.1) is 0 Å². The average Bonchev–Trinajstić information content (AvgIpc) is 2.48. The molecule has 3 rings (SSSR count). The van der Waals surface area contributed by atoms with Gasteiger partial charge in [-0.3, -0.25) is 4.79 Å². The van der Waals surface area contributed by atoms with E-state index in [1.165, 1.54) is 27.8 Å². The zero-order valence-electron chi connectivity index (χ0n) is 14.9. The van der Waals surface area contributed by atoms with Crippen molar-refractivity contribution in [2.24, 2.45) is 5.41 Å². The summed E-state index contributed by atoms with van der Waals surface area (Å²) >= 11 is 0. The Hall–Kier alpha value is -1.41. The molecule has 0 saturated carbocycles. The van der Waals surface area contributed by atoms with Crippen LogP contribution in [0.25, 0.3) is 5.57 Å². The Labute approximate surface area is 139 Å². The van der Waals surface area contributed by atoms with Gasteiger partial charge in [-0.05, 0) is 68.6 Å². The van der Waals surface area contributed by atoms with Gasteiger partial charge in [0.15, 0.2) is 5.78 Å². The van der Waals surface area contributed by atoms with E-state index in [1.807, 2.05) is 0 Å². The number of rotatable bonds is 2. The third-order valence-corrected chi connectivity index (χ3v) is 5.63. The molecule has 0 aromatic heterocycles. The second kappa shape index (κ2) is 6.24. The minimum atomic E-state index is 0.161. The van der Waals surface area contributed by atoms with Gasteiger partial charge in [0.2, 0.25) is 0 Å². The zero-order chi connectivity index (χ0) is 16.6. The first-order valence-corrected chi connectivity index (χ1v) is 8.87. The maximum atomic E-state index is 13.1. The molecule has 23 heavy (non-hydrogen) atoms. The lowest BCUT2D eigenvalue weighted by molar-refractivity contribution is -0.118. The molecule has 1 spiro atoms. The molecule has 1 aromatic rings. The van der Waals surface area contributed by atoms with E-state index in [1.54, 1.807) is 0 Å². The first-order valence-electron chi connectivity index (χ1n) is 8.87. The number of ketones is 1. The highest BCUT2D eigenvalue weighted by Crippen LogP contribution is 2.47. The molecule has 0 amide bonds. The van der Waals surface area contributed by atoms with Gasteiger partial charge in [0, 0.05) is 25.2 Å². The Morgan fingerprint density at radius 1 is 1.09 bits per heavy atom. The van der Waals surface area contributed by atoms with E-state index in [9.17, 15) is 4.79 Å². The van der Waals surface area contributed by atoms with Crippen LogP contribution in [0, 0.1) is 19.3 Å². The summed E-state index contributed by atoms with van der Waals surface area (Å²) in [5.41, 5.74) is 7.50. The maximum absolute atomic E-state index is 13.1. The second-order valence-electron chi connectivity index (χ2n) is 7.51. The van der Waals surface area contributed by atoms with Crippen LogP contribution in [-0.2, 0) is 16.0 Å². The molecular weight excluding hydrogens is 284 g/mol. The smallest absolute Gasteiger partial charge is 0.164 e. The van der Waals surface area contributed by atoms with Crippen molar-refractivity contribution in [3.8, 4) is 0 Å². The first kappa shape index (κ1) is 16.4. The zero-order valence-corrected chi connectivity index (χ0v) is 14.9. The Morgan fingerprint density at radius 2 is 1.78 bits per heavy atom. The van der Waals surface area contributed by atoms with Gasteiger partial charge >= 0.3 is 0 Å². The third kappa shape index (κ3) is 3.01. The van der Waals surface area contributed by atoms with Gasteiger partial charge in [0.1, 0.15) is 0 Å². The molecule has 0 N–H and O–H groups in total. The first-order chi connectivity index (χ1) is 11.0. The molecular formula is C21H28O2. The van der Waals surface area contributed by atoms with E-state index in [4.69, 9.17) is 4.74 Å². The summed E-state index contributed by atoms with van der Waals surface area (Å²) in [5, 5.41) is 0. The summed E-state index contributed by atoms with van der Waals surface area (Å²) in [6, 6.07) is 4.45. The summed E-state index contributed by atoms with van der Waals surface area (Å²) < 4.78 is 5.52. The number of Topliss-reactive ketones (excluding diaryl/α,β-unsaturated/α-hetero) is 1. The van der Waals surface area contributed by atoms with E-state index in [-0.39, 0.29) is 5.41 Å². The van der Waals surface area contributed by atoms with Crippen LogP contribution in [0.2, 0.25) is 0 Å². The predicted octanol–water partition coefficient (Wildman–Crippen LogP) is 4.80. The van der Waals surface area contributed by atoms with Crippen LogP contribution in [0.4, 0.5) is 0 Å². The van der Waals surface area contributed by atoms with Gasteiger partial charge in [-0.2, -0.15) is 0 Å². The normalized spacial score (nSPS) is 21.1. The van der Waals surface area contributed by atoms with Crippen LogP contribution in [0.3, 0.4) is 0 Å². The fourth-order valence-corrected chi connectivity index (χ4v) is 4.58. The van der Waals surface area contributed by atoms with E-state index >= 15 is 0 Å². The monoisotopic (exact) mass is 312 g/mol. The molecule has 1 fully saturated rings. The fraction of sp³-hybridized carbons (Fsp3) is 0.571. The largest absolute Gasteiger partial charge is 0.381 e. The highest BCUT2D eigenvalue weighted by atomic mass is 16.5. The lowest BCUT2D eigenvalue weighted by Gasteiger charge is -2.41. The average molecular weight is 312 g/mol. The van der Waals surface area contributed by atoms with Gasteiger partial charge in [-0.1, -0.05) is 30.2 Å². The fourth-order valence-electron chi connectivity index (χ4n) is 4.58. The molecule has 2 aliphatic rings. The quantitative estimate of drug-likeness (QED) is 0.784. The maximum Gasteiger partial charge on any atom is 0.164 e. The predicted molar refractivity (Wildman–Crippen MR) is 94.6 cm³/mol. The Balaban J connectivity index is 2.06. The van der Waals surface area contributed by atoms with Crippen molar-refractivity contribution in [3.05, 3.63) is 40.0 Å². The third-order valence-electron chi connectivity index (χ3n) is 5.63. The second-order valence-corrected chi connectivity index (χ2v) is 7.51. The number of ether oxygens (including phenoxy) is 1. The topological polar surface area (TPSA) is 26.3 Å². The van der Waals surface area contributed by atoms with Gasteiger partial charge in [0.25, 0.3) is 0 Å². The van der Waals surface area contributed by atoms with Gasteiger partial charge in [0.05, 0.1) is 0 Å². The van der Waals surface area contributed by atoms with Crippen molar-refractivity contribution in [1.82, 2.24) is 0 Å². The van der Waals surface area contributed by atoms with E-state index in [0.29, 0.717) is 12.2 Å². The highest BCUT2D eigenvalue weighted by molar-refractivity contribution is 6.23. The highest BCUT2D eigenvalue weighted by Gasteiger charge is 2.40. The van der Waals surface area contributed by atoms with Crippen molar-refractivity contribution < 1.29 is 9.53 Å². The summed E-state index contributed by atoms with van der Waals surface area (Å²) in [7, 11) is 0. The number of carbonyl (C=O) groups excluding carboxylic acids is 1. The van der Waals surface area contributed by atoms with Gasteiger partial charge in [-0.25, -0.2) is 0 Å². The summed E-state index contributed by atoms with van der Waals surface area (Å²) in [4.78, 5) is 13.1. The summed E-state index contributed by atoms with van der Waals surface area (Å²) in [5.74, 6) is 0.345. The molecule has 0 bridgehead atoms. The van der Waals surface area contributed by atoms with Crippen molar-refractivity contribution in [1.29, 1.82) is 0 Å². The van der Waals surface area contributed by atoms with Crippen LogP contribution in [0.5, 0.6) is 0 Å². The van der Waals surface area contributed by atoms with Crippen LogP contribution in [0.15, 0.2) is 17.7 Å². The number of hydrogen-bond donors (Lipinski definition) is 0. The van der Waals surface area contributed by atoms with Gasteiger partial charge < -0.3 is 4.74 Å². The number of benzene rings is 1. The Kier molecular flexibility index (Phi) is 4.46. The molecule has 2 nitrogen and oxygen atoms in total. The lowest BCUT2D eigenvalue weighted by Crippen LogP contribution is -2.35. The molecule has 1 heterocycles. The van der Waals surface area contributed by atoms with Crippen LogP contribution >= 0.6 is 0 Å². The molecule has 0 unspecified atom stereocenters. The molecule has 1 aliphatic carbocycles. The SMILES string of the molecule is CCc1cc(C)cc(C)c1C1=C(C)CC2(CCOCC2)CC1=O. The number of carbonyl (C=O) groups is 1. The standard InChI is InChI=1S/C21H28O2/c1-5-17-11-14(2)10-15(3)19(17)20-16(4)12-21(13-18(20)22)6-8-23-9-7-21/h10-11H,5-9,12-13H2,1-4H3. The molecule has 1 aromatic carbocycles. The minimum absolute atomic E-state index is 0.161.